The summed E-state index contributed by atoms with van der Waals surface area (Å²) in [5, 5.41) is 16.2. The second-order valence-corrected chi connectivity index (χ2v) is 6.51. The fraction of sp³-hybridized carbons (Fsp3) is 0.667. The van der Waals surface area contributed by atoms with Crippen LogP contribution in [0.1, 0.15) is 23.0 Å². The molecule has 0 saturated carbocycles. The fourth-order valence-corrected chi connectivity index (χ4v) is 3.81. The molecule has 1 aromatic heterocycles. The Morgan fingerprint density at radius 2 is 2.24 bits per heavy atom. The summed E-state index contributed by atoms with van der Waals surface area (Å²) in [4.78, 5) is 26.6. The molecular weight excluding hydrogens is 294 g/mol. The van der Waals surface area contributed by atoms with Gasteiger partial charge in [-0.1, -0.05) is 5.21 Å². The summed E-state index contributed by atoms with van der Waals surface area (Å²) in [6.45, 7) is 1.09. The van der Waals surface area contributed by atoms with E-state index >= 15 is 0 Å². The number of carbonyl (C=O) groups is 2. The first kappa shape index (κ1) is 14.2. The van der Waals surface area contributed by atoms with Crippen molar-refractivity contribution in [2.75, 3.05) is 31.6 Å². The first-order chi connectivity index (χ1) is 10.1. The van der Waals surface area contributed by atoms with Crippen LogP contribution in [0, 0.1) is 0 Å². The van der Waals surface area contributed by atoms with Gasteiger partial charge < -0.3 is 14.9 Å². The average molecular weight is 311 g/mol. The molecule has 9 heteroatoms. The van der Waals surface area contributed by atoms with E-state index in [1.165, 1.54) is 10.9 Å². The third-order valence-electron chi connectivity index (χ3n) is 3.99. The zero-order valence-corrected chi connectivity index (χ0v) is 12.5. The van der Waals surface area contributed by atoms with Crippen molar-refractivity contribution in [1.29, 1.82) is 0 Å². The number of aromatic nitrogens is 3. The molecule has 21 heavy (non-hydrogen) atoms. The zero-order chi connectivity index (χ0) is 15.0. The predicted octanol–water partition coefficient (Wildman–Crippen LogP) is 0.390. The minimum atomic E-state index is -1.09. The molecule has 2 fully saturated rings. The van der Waals surface area contributed by atoms with E-state index in [4.69, 9.17) is 5.11 Å². The van der Waals surface area contributed by atoms with Crippen LogP contribution in [0.4, 0.5) is 4.79 Å². The van der Waals surface area contributed by atoms with Gasteiger partial charge in [0.25, 0.3) is 0 Å². The van der Waals surface area contributed by atoms with Gasteiger partial charge in [-0.3, -0.25) is 0 Å². The molecule has 3 rings (SSSR count). The molecule has 1 N–H and O–H groups in total. The summed E-state index contributed by atoms with van der Waals surface area (Å²) < 4.78 is 1.53. The lowest BCUT2D eigenvalue weighted by atomic mass is 10.1. The molecular formula is C12H17N5O3S. The van der Waals surface area contributed by atoms with E-state index in [2.05, 4.69) is 10.3 Å². The van der Waals surface area contributed by atoms with Gasteiger partial charge in [0.15, 0.2) is 5.69 Å². The quantitative estimate of drug-likeness (QED) is 0.868. The number of carboxylic acid groups (broad SMARTS) is 1. The lowest BCUT2D eigenvalue weighted by Gasteiger charge is -2.41. The monoisotopic (exact) mass is 311 g/mol. The average Bonchev–Trinajstić information content (AvgIpc) is 3.07. The minimum absolute atomic E-state index is 0.0147. The first-order valence-electron chi connectivity index (χ1n) is 6.81. The van der Waals surface area contributed by atoms with Crippen molar-refractivity contribution in [2.24, 2.45) is 0 Å². The van der Waals surface area contributed by atoms with Crippen molar-refractivity contribution in [1.82, 2.24) is 24.8 Å². The van der Waals surface area contributed by atoms with Crippen LogP contribution in [0.5, 0.6) is 0 Å². The molecule has 8 nitrogen and oxygen atoms in total. The maximum absolute atomic E-state index is 12.3. The highest BCUT2D eigenvalue weighted by atomic mass is 32.2. The van der Waals surface area contributed by atoms with E-state index in [0.717, 1.165) is 17.9 Å². The Bertz CT molecular complexity index is 551. The smallest absolute Gasteiger partial charge is 0.358 e. The van der Waals surface area contributed by atoms with Crippen LogP contribution in [-0.2, 0) is 0 Å². The van der Waals surface area contributed by atoms with Gasteiger partial charge in [0.2, 0.25) is 0 Å². The van der Waals surface area contributed by atoms with Crippen LogP contribution in [0.3, 0.4) is 0 Å². The van der Waals surface area contributed by atoms with Crippen LogP contribution in [0.2, 0.25) is 0 Å². The van der Waals surface area contributed by atoms with Crippen molar-refractivity contribution < 1.29 is 14.7 Å². The van der Waals surface area contributed by atoms with Crippen molar-refractivity contribution in [3.8, 4) is 0 Å². The highest BCUT2D eigenvalue weighted by Gasteiger charge is 2.36. The highest BCUT2D eigenvalue weighted by molar-refractivity contribution is 7.99. The normalized spacial score (nSPS) is 22.1. The van der Waals surface area contributed by atoms with E-state index in [1.807, 2.05) is 23.7 Å². The topological polar surface area (TPSA) is 91.6 Å². The standard InChI is InChI=1S/C12H17N5O3S/c1-15(8-2-3-21-7-8)12(20)16-4-9(5-16)17-6-10(11(18)19)13-14-17/h6,8-9H,2-5,7H2,1H3,(H,18,19). The van der Waals surface area contributed by atoms with Crippen molar-refractivity contribution in [3.63, 3.8) is 0 Å². The molecule has 1 aromatic rings. The van der Waals surface area contributed by atoms with Gasteiger partial charge >= 0.3 is 12.0 Å². The van der Waals surface area contributed by atoms with Gasteiger partial charge in [0.05, 0.1) is 12.2 Å². The number of urea groups is 1. The molecule has 2 aliphatic heterocycles. The molecule has 0 aliphatic carbocycles. The molecule has 114 valence electrons. The van der Waals surface area contributed by atoms with Crippen LogP contribution >= 0.6 is 11.8 Å². The summed E-state index contributed by atoms with van der Waals surface area (Å²) in [5.74, 6) is 1.03. The highest BCUT2D eigenvalue weighted by Crippen LogP contribution is 2.26. The lowest BCUT2D eigenvalue weighted by Crippen LogP contribution is -2.56. The first-order valence-corrected chi connectivity index (χ1v) is 7.96. The van der Waals surface area contributed by atoms with E-state index in [1.54, 1.807) is 4.90 Å². The second-order valence-electron chi connectivity index (χ2n) is 5.36. The maximum Gasteiger partial charge on any atom is 0.358 e. The molecule has 1 unspecified atom stereocenters. The minimum Gasteiger partial charge on any atom is -0.476 e. The number of hydrogen-bond donors (Lipinski definition) is 1. The predicted molar refractivity (Wildman–Crippen MR) is 76.5 cm³/mol. The van der Waals surface area contributed by atoms with Crippen molar-refractivity contribution in [2.45, 2.75) is 18.5 Å². The third kappa shape index (κ3) is 2.69. The number of likely N-dealkylation sites (tertiary alicyclic amines) is 1. The molecule has 0 spiro atoms. The Hall–Kier alpha value is -1.77. The summed E-state index contributed by atoms with van der Waals surface area (Å²) in [7, 11) is 1.85. The summed E-state index contributed by atoms with van der Waals surface area (Å²) >= 11 is 1.88. The van der Waals surface area contributed by atoms with Gasteiger partial charge in [-0.05, 0) is 12.2 Å². The summed E-state index contributed by atoms with van der Waals surface area (Å²) in [6.07, 6.45) is 2.46. The number of thioether (sulfide) groups is 1. The molecule has 2 aliphatic rings. The van der Waals surface area contributed by atoms with E-state index in [0.29, 0.717) is 19.1 Å². The second kappa shape index (κ2) is 5.55. The van der Waals surface area contributed by atoms with E-state index in [9.17, 15) is 9.59 Å². The molecule has 1 atom stereocenters. The number of amides is 2. The van der Waals surface area contributed by atoms with Crippen LogP contribution < -0.4 is 0 Å². The Balaban J connectivity index is 1.54. The molecule has 0 aromatic carbocycles. The Morgan fingerprint density at radius 3 is 2.81 bits per heavy atom. The van der Waals surface area contributed by atoms with Gasteiger partial charge in [-0.2, -0.15) is 11.8 Å². The van der Waals surface area contributed by atoms with Gasteiger partial charge in [0.1, 0.15) is 0 Å². The van der Waals surface area contributed by atoms with Gasteiger partial charge in [-0.25, -0.2) is 14.3 Å². The van der Waals surface area contributed by atoms with Crippen LogP contribution in [-0.4, -0.2) is 79.6 Å². The molecule has 3 heterocycles. The SMILES string of the molecule is CN(C(=O)N1CC(n2cc(C(=O)O)nn2)C1)C1CCSC1. The Labute approximate surface area is 126 Å². The zero-order valence-electron chi connectivity index (χ0n) is 11.7. The van der Waals surface area contributed by atoms with Crippen LogP contribution in [0.25, 0.3) is 0 Å². The molecule has 0 radical (unpaired) electrons. The number of rotatable bonds is 3. The van der Waals surface area contributed by atoms with Crippen molar-refractivity contribution in [3.05, 3.63) is 11.9 Å². The van der Waals surface area contributed by atoms with Gasteiger partial charge in [0, 0.05) is 31.9 Å². The summed E-state index contributed by atoms with van der Waals surface area (Å²) in [5.41, 5.74) is -0.0696. The van der Waals surface area contributed by atoms with Crippen LogP contribution in [0.15, 0.2) is 6.20 Å². The number of hydrogen-bond acceptors (Lipinski definition) is 5. The maximum atomic E-state index is 12.3. The fourth-order valence-electron chi connectivity index (χ4n) is 2.54. The molecule has 2 saturated heterocycles. The van der Waals surface area contributed by atoms with Crippen molar-refractivity contribution >= 4 is 23.8 Å². The Kier molecular flexibility index (Phi) is 3.75. The number of carboxylic acids is 1. The summed E-state index contributed by atoms with van der Waals surface area (Å²) in [6, 6.07) is 0.379. The largest absolute Gasteiger partial charge is 0.476 e. The number of aromatic carboxylic acids is 1. The lowest BCUT2D eigenvalue weighted by molar-refractivity contribution is 0.0689. The number of carbonyl (C=O) groups excluding carboxylic acids is 1. The third-order valence-corrected chi connectivity index (χ3v) is 5.14. The Morgan fingerprint density at radius 1 is 1.48 bits per heavy atom. The molecule has 0 bridgehead atoms. The van der Waals surface area contributed by atoms with E-state index in [-0.39, 0.29) is 17.8 Å². The molecule has 2 amide bonds. The van der Waals surface area contributed by atoms with Gasteiger partial charge in [-0.15, -0.1) is 5.10 Å². The number of nitrogens with zero attached hydrogens (tertiary/aromatic N) is 5. The van der Waals surface area contributed by atoms with E-state index < -0.39 is 5.97 Å².